The lowest BCUT2D eigenvalue weighted by atomic mass is 10.1. The highest BCUT2D eigenvalue weighted by Crippen LogP contribution is 2.23. The fraction of sp³-hybridized carbons (Fsp3) is 0.0526. The minimum Gasteiger partial charge on any atom is -0.497 e. The van der Waals surface area contributed by atoms with Crippen LogP contribution in [0.25, 0.3) is 22.6 Å². The molecular formula is C19H14FN3O2. The zero-order valence-electron chi connectivity index (χ0n) is 13.4. The third-order valence-electron chi connectivity index (χ3n) is 3.99. The highest BCUT2D eigenvalue weighted by Gasteiger charge is 2.11. The van der Waals surface area contributed by atoms with Gasteiger partial charge in [0.2, 0.25) is 5.65 Å². The summed E-state index contributed by atoms with van der Waals surface area (Å²) < 4.78 is 21.4. The molecule has 5 nitrogen and oxygen atoms in total. The average molecular weight is 335 g/mol. The Labute approximate surface area is 142 Å². The Morgan fingerprint density at radius 3 is 2.64 bits per heavy atom. The number of hydrogen-bond donors (Lipinski definition) is 0. The number of ether oxygens (including phenoxy) is 1. The Kier molecular flexibility index (Phi) is 3.57. The molecule has 0 saturated carbocycles. The molecule has 0 fully saturated rings. The smallest absolute Gasteiger partial charge is 0.298 e. The summed E-state index contributed by atoms with van der Waals surface area (Å²) in [6, 6.07) is 13.2. The van der Waals surface area contributed by atoms with Gasteiger partial charge in [-0.3, -0.25) is 9.36 Å². The molecule has 0 N–H and O–H groups in total. The number of nitrogens with zero attached hydrogens (tertiary/aromatic N) is 3. The quantitative estimate of drug-likeness (QED) is 0.577. The second-order valence-electron chi connectivity index (χ2n) is 5.54. The van der Waals surface area contributed by atoms with E-state index in [2.05, 4.69) is 4.98 Å². The summed E-state index contributed by atoms with van der Waals surface area (Å²) >= 11 is 0. The summed E-state index contributed by atoms with van der Waals surface area (Å²) in [5.41, 5.74) is 2.14. The van der Waals surface area contributed by atoms with Crippen molar-refractivity contribution in [2.45, 2.75) is 0 Å². The molecule has 0 spiro atoms. The van der Waals surface area contributed by atoms with Crippen LogP contribution in [-0.2, 0) is 0 Å². The van der Waals surface area contributed by atoms with Crippen molar-refractivity contribution in [3.8, 4) is 22.7 Å². The Balaban J connectivity index is 1.85. The van der Waals surface area contributed by atoms with Gasteiger partial charge in [0.15, 0.2) is 0 Å². The molecule has 2 aromatic carbocycles. The maximum absolute atomic E-state index is 13.1. The molecule has 2 heterocycles. The van der Waals surface area contributed by atoms with Crippen LogP contribution in [0.1, 0.15) is 0 Å². The van der Waals surface area contributed by atoms with E-state index in [4.69, 9.17) is 4.74 Å². The summed E-state index contributed by atoms with van der Waals surface area (Å²) in [6.45, 7) is 0. The molecule has 0 bridgehead atoms. The van der Waals surface area contributed by atoms with Crippen molar-refractivity contribution in [2.24, 2.45) is 0 Å². The van der Waals surface area contributed by atoms with Gasteiger partial charge in [-0.2, -0.15) is 0 Å². The molecule has 0 atom stereocenters. The van der Waals surface area contributed by atoms with Crippen LogP contribution >= 0.6 is 0 Å². The molecule has 0 aliphatic heterocycles. The van der Waals surface area contributed by atoms with E-state index in [1.54, 1.807) is 42.2 Å². The molecule has 0 unspecified atom stereocenters. The van der Waals surface area contributed by atoms with E-state index in [9.17, 15) is 9.18 Å². The number of halogens is 1. The number of methoxy groups -OCH3 is 1. The molecule has 2 aromatic heterocycles. The predicted molar refractivity (Wildman–Crippen MR) is 92.7 cm³/mol. The van der Waals surface area contributed by atoms with E-state index in [0.29, 0.717) is 17.0 Å². The molecular weight excluding hydrogens is 321 g/mol. The van der Waals surface area contributed by atoms with Crippen molar-refractivity contribution in [3.63, 3.8) is 0 Å². The molecule has 0 aliphatic rings. The van der Waals surface area contributed by atoms with Crippen molar-refractivity contribution >= 4 is 5.65 Å². The van der Waals surface area contributed by atoms with Crippen LogP contribution in [0, 0.1) is 5.82 Å². The lowest BCUT2D eigenvalue weighted by Crippen LogP contribution is -2.19. The second kappa shape index (κ2) is 5.90. The van der Waals surface area contributed by atoms with Crippen LogP contribution in [0.15, 0.2) is 71.9 Å². The lowest BCUT2D eigenvalue weighted by molar-refractivity contribution is 0.415. The zero-order chi connectivity index (χ0) is 17.4. The highest BCUT2D eigenvalue weighted by atomic mass is 19.1. The largest absolute Gasteiger partial charge is 0.497 e. The van der Waals surface area contributed by atoms with Gasteiger partial charge in [0.05, 0.1) is 12.8 Å². The average Bonchev–Trinajstić information content (AvgIpc) is 3.08. The van der Waals surface area contributed by atoms with Crippen molar-refractivity contribution in [1.82, 2.24) is 14.0 Å². The first-order valence-electron chi connectivity index (χ1n) is 7.66. The maximum Gasteiger partial charge on any atom is 0.298 e. The van der Waals surface area contributed by atoms with Gasteiger partial charge in [-0.25, -0.2) is 9.37 Å². The minimum atomic E-state index is -0.348. The molecule has 0 saturated heterocycles. The molecule has 25 heavy (non-hydrogen) atoms. The number of hydrogen-bond acceptors (Lipinski definition) is 3. The standard InChI is InChI=1S/C19H14FN3O2/c1-25-16-4-2-3-13(11-16)17-12-22-9-10-23(19(24)18(22)21-17)15-7-5-14(20)6-8-15/h2-12H,1H3. The topological polar surface area (TPSA) is 48.5 Å². The molecule has 124 valence electrons. The molecule has 0 amide bonds. The SMILES string of the molecule is COc1cccc(-c2cn3ccn(-c4ccc(F)cc4)c(=O)c3n2)c1. The highest BCUT2D eigenvalue weighted by molar-refractivity contribution is 5.64. The van der Waals surface area contributed by atoms with Gasteiger partial charge in [-0.05, 0) is 36.4 Å². The molecule has 6 heteroatoms. The summed E-state index contributed by atoms with van der Waals surface area (Å²) in [5.74, 6) is 0.372. The Morgan fingerprint density at radius 1 is 1.08 bits per heavy atom. The van der Waals surface area contributed by atoms with Crippen molar-refractivity contribution in [3.05, 3.63) is 83.3 Å². The molecule has 0 aliphatic carbocycles. The van der Waals surface area contributed by atoms with Gasteiger partial charge in [-0.15, -0.1) is 0 Å². The monoisotopic (exact) mass is 335 g/mol. The Hall–Kier alpha value is -3.41. The van der Waals surface area contributed by atoms with Crippen molar-refractivity contribution in [2.75, 3.05) is 7.11 Å². The molecule has 0 radical (unpaired) electrons. The first kappa shape index (κ1) is 15.1. The van der Waals surface area contributed by atoms with E-state index < -0.39 is 0 Å². The van der Waals surface area contributed by atoms with Crippen molar-refractivity contribution < 1.29 is 9.13 Å². The number of fused-ring (bicyclic) bond motifs is 1. The van der Waals surface area contributed by atoms with Crippen LogP contribution in [0.4, 0.5) is 4.39 Å². The van der Waals surface area contributed by atoms with Gasteiger partial charge in [0.1, 0.15) is 11.6 Å². The number of aromatic nitrogens is 3. The van der Waals surface area contributed by atoms with E-state index >= 15 is 0 Å². The lowest BCUT2D eigenvalue weighted by Gasteiger charge is -2.05. The van der Waals surface area contributed by atoms with Crippen molar-refractivity contribution in [1.29, 1.82) is 0 Å². The first-order valence-corrected chi connectivity index (χ1v) is 7.66. The van der Waals surface area contributed by atoms with E-state index in [1.165, 1.54) is 16.7 Å². The van der Waals surface area contributed by atoms with E-state index in [1.807, 2.05) is 24.3 Å². The normalized spacial score (nSPS) is 11.0. The number of benzene rings is 2. The van der Waals surface area contributed by atoms with Crippen LogP contribution < -0.4 is 10.3 Å². The summed E-state index contributed by atoms with van der Waals surface area (Å²) in [5, 5.41) is 0. The van der Waals surface area contributed by atoms with Crippen LogP contribution in [0.5, 0.6) is 5.75 Å². The van der Waals surface area contributed by atoms with E-state index in [-0.39, 0.29) is 11.4 Å². The fourth-order valence-electron chi connectivity index (χ4n) is 2.71. The summed E-state index contributed by atoms with van der Waals surface area (Å²) in [7, 11) is 1.60. The summed E-state index contributed by atoms with van der Waals surface area (Å²) in [4.78, 5) is 17.2. The fourth-order valence-corrected chi connectivity index (χ4v) is 2.71. The minimum absolute atomic E-state index is 0.275. The predicted octanol–water partition coefficient (Wildman–Crippen LogP) is 3.30. The maximum atomic E-state index is 13.1. The zero-order valence-corrected chi connectivity index (χ0v) is 13.4. The molecule has 4 aromatic rings. The molecule has 4 rings (SSSR count). The van der Waals surface area contributed by atoms with Crippen LogP contribution in [-0.4, -0.2) is 21.1 Å². The van der Waals surface area contributed by atoms with Gasteiger partial charge >= 0.3 is 0 Å². The van der Waals surface area contributed by atoms with Gasteiger partial charge in [-0.1, -0.05) is 12.1 Å². The summed E-state index contributed by atoms with van der Waals surface area (Å²) in [6.07, 6.45) is 5.18. The number of imidazole rings is 1. The van der Waals surface area contributed by atoms with Gasteiger partial charge in [0, 0.05) is 29.8 Å². The number of rotatable bonds is 3. The third kappa shape index (κ3) is 2.67. The van der Waals surface area contributed by atoms with Crippen LogP contribution in [0.2, 0.25) is 0 Å². The first-order chi connectivity index (χ1) is 12.2. The second-order valence-corrected chi connectivity index (χ2v) is 5.54. The van der Waals surface area contributed by atoms with Gasteiger partial charge < -0.3 is 9.14 Å². The van der Waals surface area contributed by atoms with Crippen LogP contribution in [0.3, 0.4) is 0 Å². The Morgan fingerprint density at radius 2 is 1.88 bits per heavy atom. The van der Waals surface area contributed by atoms with Gasteiger partial charge in [0.25, 0.3) is 5.56 Å². The third-order valence-corrected chi connectivity index (χ3v) is 3.99. The Bertz CT molecular complexity index is 1110. The van der Waals surface area contributed by atoms with E-state index in [0.717, 1.165) is 11.3 Å².